The van der Waals surface area contributed by atoms with Crippen molar-refractivity contribution in [2.45, 2.75) is 5.92 Å². The number of fused-ring (bicyclic) bond motifs is 1. The molecule has 0 aromatic heterocycles. The third kappa shape index (κ3) is 4.02. The second kappa shape index (κ2) is 8.46. The molecule has 0 radical (unpaired) electrons. The van der Waals surface area contributed by atoms with Gasteiger partial charge in [0.2, 0.25) is 10.3 Å². The van der Waals surface area contributed by atoms with Crippen LogP contribution in [0.2, 0.25) is 0 Å². The average Bonchev–Trinajstić information content (AvgIpc) is 2.75. The van der Waals surface area contributed by atoms with Gasteiger partial charge in [0, 0.05) is 0 Å². The Kier molecular flexibility index (Phi) is 6.11. The summed E-state index contributed by atoms with van der Waals surface area (Å²) in [6.07, 6.45) is 0.642. The van der Waals surface area contributed by atoms with Crippen molar-refractivity contribution < 1.29 is 40.5 Å². The van der Waals surface area contributed by atoms with Crippen molar-refractivity contribution in [1.29, 1.82) is 0 Å². The fourth-order valence-electron chi connectivity index (χ4n) is 3.51. The topological polar surface area (TPSA) is 141 Å². The second-order valence-corrected chi connectivity index (χ2v) is 8.72. The van der Waals surface area contributed by atoms with E-state index in [0.717, 1.165) is 14.2 Å². The molecule has 1 atom stereocenters. The number of hydrogen-bond acceptors (Lipinski definition) is 8. The van der Waals surface area contributed by atoms with E-state index >= 15 is 0 Å². The number of esters is 2. The van der Waals surface area contributed by atoms with Crippen molar-refractivity contribution in [2.75, 3.05) is 14.2 Å². The summed E-state index contributed by atoms with van der Waals surface area (Å²) in [4.78, 5) is 23.6. The highest BCUT2D eigenvalue weighted by Crippen LogP contribution is 2.40. The Morgan fingerprint density at radius 2 is 1.58 bits per heavy atom. The Hall–Kier alpha value is -3.28. The first-order valence-electron chi connectivity index (χ1n) is 8.66. The van der Waals surface area contributed by atoms with E-state index in [4.69, 9.17) is 4.74 Å². The molecule has 11 heteroatoms. The van der Waals surface area contributed by atoms with Gasteiger partial charge < -0.3 is 9.47 Å². The standard InChI is InChI=1S/C20H16O9S2/c1-28-19(21)17-15(31(25,26)27)10-14(30(23)24)16(18(17)20(22)29-2)13-9-5-7-11-6-3-4-8-12(11)13/h3-10,16H,1-2H3,(H,25,26,27). The van der Waals surface area contributed by atoms with Crippen LogP contribution in [0, 0.1) is 0 Å². The van der Waals surface area contributed by atoms with Crippen LogP contribution in [-0.4, -0.2) is 52.4 Å². The Bertz CT molecular complexity index is 1400. The summed E-state index contributed by atoms with van der Waals surface area (Å²) >= 11 is 0. The van der Waals surface area contributed by atoms with Crippen LogP contribution in [0.15, 0.2) is 64.6 Å². The minimum atomic E-state index is -5.12. The van der Waals surface area contributed by atoms with Gasteiger partial charge in [0.1, 0.15) is 4.91 Å². The van der Waals surface area contributed by atoms with Gasteiger partial charge in [-0.25, -0.2) is 9.59 Å². The van der Waals surface area contributed by atoms with Crippen LogP contribution in [-0.2, 0) is 39.5 Å². The molecule has 31 heavy (non-hydrogen) atoms. The van der Waals surface area contributed by atoms with E-state index in [2.05, 4.69) is 4.74 Å². The smallest absolute Gasteiger partial charge is 0.339 e. The summed E-state index contributed by atoms with van der Waals surface area (Å²) in [7, 11) is -6.21. The van der Waals surface area contributed by atoms with Gasteiger partial charge in [-0.15, -0.1) is 0 Å². The third-order valence-electron chi connectivity index (χ3n) is 4.76. The van der Waals surface area contributed by atoms with Gasteiger partial charge in [-0.3, -0.25) is 4.55 Å². The van der Waals surface area contributed by atoms with Crippen molar-refractivity contribution in [3.63, 3.8) is 0 Å². The fraction of sp³-hybridized carbons (Fsp3) is 0.150. The highest BCUT2D eigenvalue weighted by molar-refractivity contribution is 7.90. The summed E-state index contributed by atoms with van der Waals surface area (Å²) < 4.78 is 67.2. The lowest BCUT2D eigenvalue weighted by Gasteiger charge is -2.26. The monoisotopic (exact) mass is 464 g/mol. The number of benzene rings is 2. The highest BCUT2D eigenvalue weighted by Gasteiger charge is 2.43. The van der Waals surface area contributed by atoms with Gasteiger partial charge in [-0.1, -0.05) is 42.5 Å². The number of ether oxygens (including phenoxy) is 2. The van der Waals surface area contributed by atoms with Crippen molar-refractivity contribution in [3.8, 4) is 0 Å². The van der Waals surface area contributed by atoms with E-state index in [0.29, 0.717) is 22.4 Å². The molecule has 1 aliphatic carbocycles. The molecule has 0 bridgehead atoms. The molecule has 0 spiro atoms. The summed E-state index contributed by atoms with van der Waals surface area (Å²) in [5.74, 6) is -3.81. The van der Waals surface area contributed by atoms with E-state index < -0.39 is 59.2 Å². The molecule has 162 valence electrons. The minimum Gasteiger partial charge on any atom is -0.466 e. The highest BCUT2D eigenvalue weighted by atomic mass is 32.2. The molecule has 0 fully saturated rings. The van der Waals surface area contributed by atoms with Crippen molar-refractivity contribution in [3.05, 3.63) is 70.2 Å². The second-order valence-electron chi connectivity index (χ2n) is 6.39. The van der Waals surface area contributed by atoms with Gasteiger partial charge in [0.15, 0.2) is 0 Å². The molecular formula is C20H16O9S2. The van der Waals surface area contributed by atoms with Crippen LogP contribution in [0.3, 0.4) is 0 Å². The lowest BCUT2D eigenvalue weighted by molar-refractivity contribution is -0.139. The van der Waals surface area contributed by atoms with E-state index in [1.807, 2.05) is 0 Å². The zero-order valence-corrected chi connectivity index (χ0v) is 17.9. The summed E-state index contributed by atoms with van der Waals surface area (Å²) in [5, 5.41) is 1.27. The molecule has 0 amide bonds. The zero-order valence-electron chi connectivity index (χ0n) is 16.2. The first-order chi connectivity index (χ1) is 14.6. The van der Waals surface area contributed by atoms with Gasteiger partial charge in [0.05, 0.1) is 36.1 Å². The molecule has 1 N–H and O–H groups in total. The van der Waals surface area contributed by atoms with Crippen LogP contribution < -0.4 is 0 Å². The molecule has 2 aromatic carbocycles. The number of hydrogen-bond donors (Lipinski definition) is 1. The number of rotatable bonds is 4. The lowest BCUT2D eigenvalue weighted by atomic mass is 9.80. The normalized spacial score (nSPS) is 16.7. The van der Waals surface area contributed by atoms with Crippen LogP contribution in [0.25, 0.3) is 10.8 Å². The van der Waals surface area contributed by atoms with Crippen LogP contribution in [0.4, 0.5) is 0 Å². The Morgan fingerprint density at radius 3 is 2.16 bits per heavy atom. The molecule has 1 unspecified atom stereocenters. The van der Waals surface area contributed by atoms with E-state index in [1.165, 1.54) is 0 Å². The SMILES string of the molecule is COC(=O)C1=C(C(=O)OC)C(c2cccc3ccccc23)C(=S(=O)=O)C=C1S(=O)(=O)O. The van der Waals surface area contributed by atoms with E-state index in [-0.39, 0.29) is 0 Å². The zero-order chi connectivity index (χ0) is 22.9. The van der Waals surface area contributed by atoms with E-state index in [1.54, 1.807) is 42.5 Å². The fourth-order valence-corrected chi connectivity index (χ4v) is 4.96. The predicted molar refractivity (Wildman–Crippen MR) is 111 cm³/mol. The number of allylic oxidation sites excluding steroid dienone is 1. The quantitative estimate of drug-likeness (QED) is 0.404. The Labute approximate surface area is 178 Å². The molecule has 0 saturated heterocycles. The molecule has 0 aliphatic heterocycles. The van der Waals surface area contributed by atoms with Gasteiger partial charge >= 0.3 is 11.9 Å². The van der Waals surface area contributed by atoms with Crippen molar-refractivity contribution in [1.82, 2.24) is 0 Å². The summed E-state index contributed by atoms with van der Waals surface area (Å²) in [5.41, 5.74) is -1.08. The largest absolute Gasteiger partial charge is 0.466 e. The number of carbonyl (C=O) groups is 2. The van der Waals surface area contributed by atoms with Crippen LogP contribution in [0.1, 0.15) is 11.5 Å². The average molecular weight is 464 g/mol. The molecule has 3 rings (SSSR count). The molecule has 2 aromatic rings. The van der Waals surface area contributed by atoms with Crippen molar-refractivity contribution >= 4 is 48.0 Å². The molecule has 0 heterocycles. The minimum absolute atomic E-state index is 0.310. The predicted octanol–water partition coefficient (Wildman–Crippen LogP) is 1.40. The van der Waals surface area contributed by atoms with Crippen LogP contribution in [0.5, 0.6) is 0 Å². The molecule has 0 saturated carbocycles. The van der Waals surface area contributed by atoms with Crippen LogP contribution >= 0.6 is 0 Å². The number of carbonyl (C=O) groups excluding carboxylic acids is 2. The summed E-state index contributed by atoms with van der Waals surface area (Å²) in [6.45, 7) is 0. The van der Waals surface area contributed by atoms with E-state index in [9.17, 15) is 31.0 Å². The first-order valence-corrected chi connectivity index (χ1v) is 11.2. The van der Waals surface area contributed by atoms with Crippen molar-refractivity contribution in [2.24, 2.45) is 0 Å². The Morgan fingerprint density at radius 1 is 0.968 bits per heavy atom. The maximum absolute atomic E-state index is 12.8. The molecule has 1 aliphatic rings. The Balaban J connectivity index is 2.55. The maximum atomic E-state index is 12.8. The molecule has 9 nitrogen and oxygen atoms in total. The van der Waals surface area contributed by atoms with Gasteiger partial charge in [0.25, 0.3) is 10.1 Å². The van der Waals surface area contributed by atoms with Gasteiger partial charge in [-0.2, -0.15) is 16.8 Å². The van der Waals surface area contributed by atoms with Gasteiger partial charge in [-0.05, 0) is 22.4 Å². The summed E-state index contributed by atoms with van der Waals surface area (Å²) in [6, 6.07) is 11.8. The first kappa shape index (κ1) is 22.4. The third-order valence-corrected chi connectivity index (χ3v) is 6.38. The lowest BCUT2D eigenvalue weighted by Crippen LogP contribution is -2.31. The maximum Gasteiger partial charge on any atom is 0.339 e. The molecular weight excluding hydrogens is 448 g/mol. The number of methoxy groups -OCH3 is 2.